The van der Waals surface area contributed by atoms with Crippen molar-refractivity contribution in [1.82, 2.24) is 9.97 Å². The van der Waals surface area contributed by atoms with Gasteiger partial charge in [-0.1, -0.05) is 12.1 Å². The average Bonchev–Trinajstić information content (AvgIpc) is 2.41. The topological polar surface area (TPSA) is 113 Å². The van der Waals surface area contributed by atoms with Crippen LogP contribution in [0.25, 0.3) is 0 Å². The molecule has 0 bridgehead atoms. The van der Waals surface area contributed by atoms with Crippen LogP contribution < -0.4 is 27.0 Å². The Morgan fingerprint density at radius 2 is 1.89 bits per heavy atom. The van der Waals surface area contributed by atoms with Crippen LogP contribution in [0.1, 0.15) is 5.56 Å². The van der Waals surface area contributed by atoms with Crippen molar-refractivity contribution in [3.8, 4) is 5.75 Å². The van der Waals surface area contributed by atoms with E-state index in [0.717, 1.165) is 11.3 Å². The normalized spacial score (nSPS) is 10.2. The number of hydrogen-bond acceptors (Lipinski definition) is 5. The van der Waals surface area contributed by atoms with E-state index < -0.39 is 11.2 Å². The summed E-state index contributed by atoms with van der Waals surface area (Å²) < 4.78 is 5.05. The van der Waals surface area contributed by atoms with Gasteiger partial charge in [0, 0.05) is 6.54 Å². The van der Waals surface area contributed by atoms with Crippen LogP contribution in [0.4, 0.5) is 11.5 Å². The van der Waals surface area contributed by atoms with Gasteiger partial charge < -0.3 is 15.8 Å². The van der Waals surface area contributed by atoms with Crippen molar-refractivity contribution in [3.63, 3.8) is 0 Å². The Morgan fingerprint density at radius 1 is 1.21 bits per heavy atom. The van der Waals surface area contributed by atoms with Crippen molar-refractivity contribution in [3.05, 3.63) is 50.7 Å². The molecule has 0 fully saturated rings. The molecule has 0 aliphatic heterocycles. The minimum atomic E-state index is -0.610. The molecule has 100 valence electrons. The Morgan fingerprint density at radius 3 is 2.53 bits per heavy atom. The fourth-order valence-corrected chi connectivity index (χ4v) is 1.57. The summed E-state index contributed by atoms with van der Waals surface area (Å²) in [6.07, 6.45) is 0. The zero-order valence-corrected chi connectivity index (χ0v) is 10.3. The first kappa shape index (κ1) is 12.7. The zero-order chi connectivity index (χ0) is 13.8. The molecule has 0 unspecified atom stereocenters. The number of nitrogens with one attached hydrogen (secondary N) is 3. The lowest BCUT2D eigenvalue weighted by Crippen LogP contribution is -2.26. The second-order valence-electron chi connectivity index (χ2n) is 3.90. The molecule has 1 heterocycles. The SMILES string of the molecule is COc1ccc(CNc2[nH]c(=O)[nH]c(=O)c2N)cc1. The molecule has 19 heavy (non-hydrogen) atoms. The Labute approximate surface area is 108 Å². The summed E-state index contributed by atoms with van der Waals surface area (Å²) in [4.78, 5) is 26.9. The summed E-state index contributed by atoms with van der Waals surface area (Å²) in [5, 5.41) is 2.91. The lowest BCUT2D eigenvalue weighted by Gasteiger charge is -2.08. The fourth-order valence-electron chi connectivity index (χ4n) is 1.57. The summed E-state index contributed by atoms with van der Waals surface area (Å²) in [6, 6.07) is 7.38. The highest BCUT2D eigenvalue weighted by atomic mass is 16.5. The zero-order valence-electron chi connectivity index (χ0n) is 10.3. The largest absolute Gasteiger partial charge is 0.497 e. The Balaban J connectivity index is 2.14. The summed E-state index contributed by atoms with van der Waals surface area (Å²) in [5.41, 5.74) is 5.27. The molecule has 7 heteroatoms. The minimum Gasteiger partial charge on any atom is -0.497 e. The molecule has 0 atom stereocenters. The quantitative estimate of drug-likeness (QED) is 0.631. The molecular weight excluding hydrogens is 248 g/mol. The van der Waals surface area contributed by atoms with Crippen LogP contribution in [-0.4, -0.2) is 17.1 Å². The molecule has 1 aromatic heterocycles. The number of anilines is 2. The van der Waals surface area contributed by atoms with E-state index >= 15 is 0 Å². The Hall–Kier alpha value is -2.70. The van der Waals surface area contributed by atoms with Crippen LogP contribution in [0.15, 0.2) is 33.9 Å². The fraction of sp³-hybridized carbons (Fsp3) is 0.167. The molecule has 1 aromatic carbocycles. The summed E-state index contributed by atoms with van der Waals surface area (Å²) in [7, 11) is 1.59. The van der Waals surface area contributed by atoms with E-state index in [2.05, 4.69) is 10.3 Å². The number of methoxy groups -OCH3 is 1. The maximum Gasteiger partial charge on any atom is 0.327 e. The van der Waals surface area contributed by atoms with Crippen molar-refractivity contribution in [2.75, 3.05) is 18.2 Å². The smallest absolute Gasteiger partial charge is 0.327 e. The number of hydrogen-bond donors (Lipinski definition) is 4. The van der Waals surface area contributed by atoms with Gasteiger partial charge in [-0.15, -0.1) is 0 Å². The standard InChI is InChI=1S/C12H14N4O3/c1-19-8-4-2-7(3-5-8)6-14-10-9(13)11(17)16-12(18)15-10/h2-5H,6,13H2,1H3,(H3,14,15,16,17,18). The molecule has 0 radical (unpaired) electrons. The van der Waals surface area contributed by atoms with E-state index in [-0.39, 0.29) is 11.5 Å². The summed E-state index contributed by atoms with van der Waals surface area (Å²) >= 11 is 0. The van der Waals surface area contributed by atoms with Crippen LogP contribution in [0.2, 0.25) is 0 Å². The van der Waals surface area contributed by atoms with Gasteiger partial charge in [0.15, 0.2) is 0 Å². The van der Waals surface area contributed by atoms with E-state index in [1.165, 1.54) is 0 Å². The number of benzene rings is 1. The van der Waals surface area contributed by atoms with Crippen molar-refractivity contribution in [2.24, 2.45) is 0 Å². The third-order valence-electron chi connectivity index (χ3n) is 2.61. The molecule has 5 N–H and O–H groups in total. The maximum atomic E-state index is 11.3. The van der Waals surface area contributed by atoms with Crippen LogP contribution in [0, 0.1) is 0 Å². The van der Waals surface area contributed by atoms with Crippen LogP contribution >= 0.6 is 0 Å². The molecule has 0 amide bonds. The molecule has 7 nitrogen and oxygen atoms in total. The predicted molar refractivity (Wildman–Crippen MR) is 72.4 cm³/mol. The molecular formula is C12H14N4O3. The molecule has 2 rings (SSSR count). The summed E-state index contributed by atoms with van der Waals surface area (Å²) in [5.74, 6) is 0.970. The van der Waals surface area contributed by atoms with E-state index in [1.54, 1.807) is 7.11 Å². The average molecular weight is 262 g/mol. The number of ether oxygens (including phenoxy) is 1. The van der Waals surface area contributed by atoms with E-state index in [0.29, 0.717) is 6.54 Å². The first-order chi connectivity index (χ1) is 9.10. The van der Waals surface area contributed by atoms with Crippen molar-refractivity contribution in [2.45, 2.75) is 6.54 Å². The van der Waals surface area contributed by atoms with Crippen molar-refractivity contribution >= 4 is 11.5 Å². The minimum absolute atomic E-state index is 0.0480. The Kier molecular flexibility index (Phi) is 3.56. The second-order valence-corrected chi connectivity index (χ2v) is 3.90. The van der Waals surface area contributed by atoms with Gasteiger partial charge in [0.25, 0.3) is 5.56 Å². The van der Waals surface area contributed by atoms with Crippen LogP contribution in [-0.2, 0) is 6.54 Å². The first-order valence-electron chi connectivity index (χ1n) is 5.59. The van der Waals surface area contributed by atoms with Gasteiger partial charge in [0.05, 0.1) is 7.11 Å². The van der Waals surface area contributed by atoms with Crippen molar-refractivity contribution < 1.29 is 4.74 Å². The second kappa shape index (κ2) is 5.30. The van der Waals surface area contributed by atoms with Gasteiger partial charge in [-0.3, -0.25) is 14.8 Å². The van der Waals surface area contributed by atoms with Gasteiger partial charge in [-0.05, 0) is 17.7 Å². The summed E-state index contributed by atoms with van der Waals surface area (Å²) in [6.45, 7) is 0.424. The highest BCUT2D eigenvalue weighted by Gasteiger charge is 2.04. The molecule has 0 aliphatic carbocycles. The number of rotatable bonds is 4. The van der Waals surface area contributed by atoms with Gasteiger partial charge in [0.1, 0.15) is 17.3 Å². The highest BCUT2D eigenvalue weighted by molar-refractivity contribution is 5.59. The monoisotopic (exact) mass is 262 g/mol. The van der Waals surface area contributed by atoms with E-state index in [1.807, 2.05) is 29.2 Å². The highest BCUT2D eigenvalue weighted by Crippen LogP contribution is 2.13. The molecule has 0 aliphatic rings. The Bertz CT molecular complexity index is 673. The van der Waals surface area contributed by atoms with Gasteiger partial charge >= 0.3 is 5.69 Å². The van der Waals surface area contributed by atoms with E-state index in [4.69, 9.17) is 10.5 Å². The molecule has 0 saturated heterocycles. The lowest BCUT2D eigenvalue weighted by atomic mass is 10.2. The third kappa shape index (κ3) is 2.95. The number of aromatic amines is 2. The van der Waals surface area contributed by atoms with Crippen LogP contribution in [0.3, 0.4) is 0 Å². The number of aromatic nitrogens is 2. The lowest BCUT2D eigenvalue weighted by molar-refractivity contribution is 0.414. The van der Waals surface area contributed by atoms with Crippen molar-refractivity contribution in [1.29, 1.82) is 0 Å². The van der Waals surface area contributed by atoms with Crippen LogP contribution in [0.5, 0.6) is 5.75 Å². The maximum absolute atomic E-state index is 11.3. The molecule has 2 aromatic rings. The number of nitrogen functional groups attached to an aromatic ring is 1. The number of nitrogens with two attached hydrogens (primary N) is 1. The molecule has 0 spiro atoms. The van der Waals surface area contributed by atoms with Gasteiger partial charge in [-0.2, -0.15) is 0 Å². The third-order valence-corrected chi connectivity index (χ3v) is 2.61. The number of H-pyrrole nitrogens is 2. The van der Waals surface area contributed by atoms with Gasteiger partial charge in [0.2, 0.25) is 0 Å². The van der Waals surface area contributed by atoms with E-state index in [9.17, 15) is 9.59 Å². The molecule has 0 saturated carbocycles. The first-order valence-corrected chi connectivity index (χ1v) is 5.59. The van der Waals surface area contributed by atoms with Gasteiger partial charge in [-0.25, -0.2) is 4.79 Å². The predicted octanol–water partition coefficient (Wildman–Crippen LogP) is 0.266.